The summed E-state index contributed by atoms with van der Waals surface area (Å²) in [5, 5.41) is 15.9. The molecule has 4 nitrogen and oxygen atoms in total. The van der Waals surface area contributed by atoms with Crippen LogP contribution in [0.25, 0.3) is 0 Å². The predicted molar refractivity (Wildman–Crippen MR) is 70.0 cm³/mol. The Balaban J connectivity index is 2.01. The summed E-state index contributed by atoms with van der Waals surface area (Å²) in [5.74, 6) is -0.327. The van der Waals surface area contributed by atoms with Crippen LogP contribution in [0.15, 0.2) is 30.3 Å². The lowest BCUT2D eigenvalue weighted by Gasteiger charge is -2.24. The first-order valence-corrected chi connectivity index (χ1v) is 6.25. The highest BCUT2D eigenvalue weighted by molar-refractivity contribution is 5.84. The Labute approximate surface area is 107 Å². The van der Waals surface area contributed by atoms with Crippen LogP contribution in [0, 0.1) is 0 Å². The molecular formula is C14H20N2O2. The quantitative estimate of drug-likeness (QED) is 0.674. The fourth-order valence-corrected chi connectivity index (χ4v) is 2.23. The van der Waals surface area contributed by atoms with Gasteiger partial charge in [0.15, 0.2) is 0 Å². The van der Waals surface area contributed by atoms with E-state index in [-0.39, 0.29) is 11.4 Å². The Kier molecular flexibility index (Phi) is 3.41. The molecule has 1 aromatic rings. The average molecular weight is 248 g/mol. The van der Waals surface area contributed by atoms with Gasteiger partial charge in [0, 0.05) is 13.6 Å². The molecule has 0 radical (unpaired) electrons. The largest absolute Gasteiger partial charge is 0.380 e. The molecule has 1 aliphatic rings. The molecule has 0 saturated carbocycles. The number of likely N-dealkylation sites (N-methyl/N-ethyl adjacent to an activating group) is 1. The van der Waals surface area contributed by atoms with Crippen LogP contribution < -0.4 is 10.6 Å². The minimum atomic E-state index is -1.30. The summed E-state index contributed by atoms with van der Waals surface area (Å²) >= 11 is 0. The molecule has 1 fully saturated rings. The Hall–Kier alpha value is -1.39. The first kappa shape index (κ1) is 13.1. The molecular weight excluding hydrogens is 228 g/mol. The van der Waals surface area contributed by atoms with Gasteiger partial charge in [-0.15, -0.1) is 0 Å². The van der Waals surface area contributed by atoms with Crippen LogP contribution in [0.4, 0.5) is 0 Å². The fraction of sp³-hybridized carbons (Fsp3) is 0.500. The van der Waals surface area contributed by atoms with Crippen molar-refractivity contribution >= 4 is 5.91 Å². The minimum absolute atomic E-state index is 0.0563. The summed E-state index contributed by atoms with van der Waals surface area (Å²) in [4.78, 5) is 11.5. The van der Waals surface area contributed by atoms with Gasteiger partial charge in [-0.3, -0.25) is 4.79 Å². The van der Waals surface area contributed by atoms with Gasteiger partial charge >= 0.3 is 0 Å². The van der Waals surface area contributed by atoms with Crippen molar-refractivity contribution in [2.45, 2.75) is 30.9 Å². The molecule has 0 aromatic heterocycles. The van der Waals surface area contributed by atoms with Gasteiger partial charge in [0.25, 0.3) is 5.91 Å². The highest BCUT2D eigenvalue weighted by Gasteiger charge is 2.45. The lowest BCUT2D eigenvalue weighted by atomic mass is 9.88. The number of amides is 1. The van der Waals surface area contributed by atoms with Crippen LogP contribution in [0.1, 0.15) is 25.3 Å². The van der Waals surface area contributed by atoms with Crippen molar-refractivity contribution in [3.63, 3.8) is 0 Å². The molecule has 98 valence electrons. The second-order valence-corrected chi connectivity index (χ2v) is 5.15. The number of hydrogen-bond donors (Lipinski definition) is 3. The normalized spacial score (nSPS) is 25.3. The van der Waals surface area contributed by atoms with Gasteiger partial charge in [-0.2, -0.15) is 0 Å². The molecule has 18 heavy (non-hydrogen) atoms. The molecule has 2 rings (SSSR count). The SMILES string of the molecule is CNC(=O)[C@](C)(O)CC[C@]1(c2ccccc2)CN1. The third-order valence-electron chi connectivity index (χ3n) is 3.68. The van der Waals surface area contributed by atoms with Gasteiger partial charge in [-0.05, 0) is 25.3 Å². The minimum Gasteiger partial charge on any atom is -0.380 e. The van der Waals surface area contributed by atoms with Gasteiger partial charge < -0.3 is 15.7 Å². The van der Waals surface area contributed by atoms with E-state index in [0.29, 0.717) is 6.42 Å². The molecule has 2 atom stereocenters. The molecule has 1 aromatic carbocycles. The van der Waals surface area contributed by atoms with Crippen LogP contribution in [-0.2, 0) is 10.3 Å². The van der Waals surface area contributed by atoms with E-state index in [1.54, 1.807) is 14.0 Å². The highest BCUT2D eigenvalue weighted by atomic mass is 16.3. The van der Waals surface area contributed by atoms with Gasteiger partial charge in [-0.25, -0.2) is 0 Å². The zero-order chi connectivity index (χ0) is 13.2. The zero-order valence-electron chi connectivity index (χ0n) is 10.9. The van der Waals surface area contributed by atoms with Crippen LogP contribution in [0.5, 0.6) is 0 Å². The third kappa shape index (κ3) is 2.54. The molecule has 1 heterocycles. The van der Waals surface area contributed by atoms with Crippen molar-refractivity contribution in [3.05, 3.63) is 35.9 Å². The molecule has 3 N–H and O–H groups in total. The lowest BCUT2D eigenvalue weighted by Crippen LogP contribution is -2.43. The van der Waals surface area contributed by atoms with Gasteiger partial charge in [0.1, 0.15) is 5.60 Å². The molecule has 1 aliphatic heterocycles. The summed E-state index contributed by atoms with van der Waals surface area (Å²) in [6.45, 7) is 2.47. The van der Waals surface area contributed by atoms with Crippen molar-refractivity contribution in [1.29, 1.82) is 0 Å². The second-order valence-electron chi connectivity index (χ2n) is 5.15. The van der Waals surface area contributed by atoms with E-state index < -0.39 is 5.60 Å². The van der Waals surface area contributed by atoms with Crippen molar-refractivity contribution in [1.82, 2.24) is 10.6 Å². The van der Waals surface area contributed by atoms with Crippen LogP contribution >= 0.6 is 0 Å². The third-order valence-corrected chi connectivity index (χ3v) is 3.68. The van der Waals surface area contributed by atoms with Crippen LogP contribution in [0.2, 0.25) is 0 Å². The smallest absolute Gasteiger partial charge is 0.251 e. The number of aliphatic hydroxyl groups is 1. The molecule has 0 unspecified atom stereocenters. The molecule has 1 amide bonds. The molecule has 0 spiro atoms. The van der Waals surface area contributed by atoms with Gasteiger partial charge in [0.05, 0.1) is 5.54 Å². The van der Waals surface area contributed by atoms with E-state index in [0.717, 1.165) is 13.0 Å². The summed E-state index contributed by atoms with van der Waals surface area (Å²) in [7, 11) is 1.54. The van der Waals surface area contributed by atoms with Gasteiger partial charge in [0.2, 0.25) is 0 Å². The summed E-state index contributed by atoms with van der Waals surface area (Å²) in [6, 6.07) is 10.2. The first-order chi connectivity index (χ1) is 8.50. The lowest BCUT2D eigenvalue weighted by molar-refractivity contribution is -0.138. The number of carbonyl (C=O) groups is 1. The predicted octanol–water partition coefficient (Wildman–Crippen LogP) is 0.762. The van der Waals surface area contributed by atoms with Crippen LogP contribution in [-0.4, -0.2) is 30.2 Å². The Morgan fingerprint density at radius 2 is 2.11 bits per heavy atom. The average Bonchev–Trinajstić information content (AvgIpc) is 3.18. The van der Waals surface area contributed by atoms with Crippen LogP contribution in [0.3, 0.4) is 0 Å². The van der Waals surface area contributed by atoms with Crippen molar-refractivity contribution < 1.29 is 9.90 Å². The van der Waals surface area contributed by atoms with E-state index in [2.05, 4.69) is 22.8 Å². The Bertz CT molecular complexity index is 425. The van der Waals surface area contributed by atoms with E-state index in [9.17, 15) is 9.90 Å². The number of rotatable bonds is 5. The van der Waals surface area contributed by atoms with E-state index >= 15 is 0 Å². The molecule has 0 aliphatic carbocycles. The van der Waals surface area contributed by atoms with E-state index in [1.165, 1.54) is 5.56 Å². The Morgan fingerprint density at radius 3 is 2.61 bits per heavy atom. The summed E-state index contributed by atoms with van der Waals surface area (Å²) in [5.41, 5.74) is -0.141. The van der Waals surface area contributed by atoms with E-state index in [4.69, 9.17) is 0 Å². The second kappa shape index (κ2) is 4.71. The number of carbonyl (C=O) groups excluding carboxylic acids is 1. The Morgan fingerprint density at radius 1 is 1.50 bits per heavy atom. The number of hydrogen-bond acceptors (Lipinski definition) is 3. The molecule has 4 heteroatoms. The van der Waals surface area contributed by atoms with Crippen molar-refractivity contribution in [3.8, 4) is 0 Å². The maximum atomic E-state index is 11.5. The highest BCUT2D eigenvalue weighted by Crippen LogP contribution is 2.37. The van der Waals surface area contributed by atoms with E-state index in [1.807, 2.05) is 18.2 Å². The summed E-state index contributed by atoms with van der Waals surface area (Å²) in [6.07, 6.45) is 1.19. The standard InChI is InChI=1S/C14H20N2O2/c1-13(18,12(17)15-2)8-9-14(10-16-14)11-6-4-3-5-7-11/h3-7,16,18H,8-10H2,1-2H3,(H,15,17)/t13-,14-/m1/s1. The topological polar surface area (TPSA) is 71.3 Å². The molecule has 0 bridgehead atoms. The number of nitrogens with one attached hydrogen (secondary N) is 2. The summed E-state index contributed by atoms with van der Waals surface area (Å²) < 4.78 is 0. The maximum absolute atomic E-state index is 11.5. The van der Waals surface area contributed by atoms with Gasteiger partial charge in [-0.1, -0.05) is 30.3 Å². The van der Waals surface area contributed by atoms with Crippen molar-refractivity contribution in [2.75, 3.05) is 13.6 Å². The molecule has 1 saturated heterocycles. The monoisotopic (exact) mass is 248 g/mol. The zero-order valence-corrected chi connectivity index (χ0v) is 10.9. The first-order valence-electron chi connectivity index (χ1n) is 6.25. The number of benzene rings is 1. The fourth-order valence-electron chi connectivity index (χ4n) is 2.23. The van der Waals surface area contributed by atoms with Crippen molar-refractivity contribution in [2.24, 2.45) is 0 Å². The maximum Gasteiger partial charge on any atom is 0.251 e.